The highest BCUT2D eigenvalue weighted by molar-refractivity contribution is 7.89. The van der Waals surface area contributed by atoms with Crippen molar-refractivity contribution < 1.29 is 32.3 Å². The lowest BCUT2D eigenvalue weighted by molar-refractivity contribution is -0.148. The van der Waals surface area contributed by atoms with Crippen LogP contribution in [0, 0.1) is 5.92 Å². The number of carbonyl (C=O) groups is 4. The largest absolute Gasteiger partial charge is 0.444 e. The average Bonchev–Trinajstić information content (AvgIpc) is 3.39. The van der Waals surface area contributed by atoms with Gasteiger partial charge < -0.3 is 10.1 Å². The van der Waals surface area contributed by atoms with E-state index in [0.29, 0.717) is 22.7 Å². The minimum atomic E-state index is -4.40. The monoisotopic (exact) mass is 542 g/mol. The molecule has 1 unspecified atom stereocenters. The Kier molecular flexibility index (Phi) is 9.43. The number of rotatable bonds is 10. The summed E-state index contributed by atoms with van der Waals surface area (Å²) in [6.07, 6.45) is 2.19. The van der Waals surface area contributed by atoms with Crippen molar-refractivity contribution >= 4 is 33.6 Å². The summed E-state index contributed by atoms with van der Waals surface area (Å²) in [7, 11) is -4.40. The number of benzene rings is 2. The number of carbonyl (C=O) groups excluding carboxylic acids is 4. The number of Topliss-reactive ketones (excluding diaryl/α,β-unsaturated/α-hetero) is 2. The van der Waals surface area contributed by atoms with Gasteiger partial charge in [-0.1, -0.05) is 61.4 Å². The standard InChI is InChI=1S/C28H34N2O7S/c1-28(2,3)37-27(34)29-23(18-20-12-6-4-7-13-20)24(31)25(32)26(33)30(19-21-14-10-11-15-21)38(35,36)22-16-8-5-9-17-22/h4-9,12-13,16-17,21,23H,10-11,14-15,18-19H2,1-3H3,(H,29,34). The fourth-order valence-corrected chi connectivity index (χ4v) is 5.79. The summed E-state index contributed by atoms with van der Waals surface area (Å²) in [6.45, 7) is 4.73. The number of hydrogen-bond acceptors (Lipinski definition) is 7. The molecule has 0 aromatic heterocycles. The minimum absolute atomic E-state index is 0.0913. The van der Waals surface area contributed by atoms with Gasteiger partial charge in [-0.2, -0.15) is 0 Å². The van der Waals surface area contributed by atoms with Gasteiger partial charge in [0.1, 0.15) is 11.6 Å². The third kappa shape index (κ3) is 7.74. The van der Waals surface area contributed by atoms with Crippen LogP contribution in [-0.2, 0) is 35.6 Å². The zero-order valence-corrected chi connectivity index (χ0v) is 22.7. The van der Waals surface area contributed by atoms with Crippen molar-refractivity contribution in [1.82, 2.24) is 9.62 Å². The van der Waals surface area contributed by atoms with Crippen molar-refractivity contribution in [3.8, 4) is 0 Å². The summed E-state index contributed by atoms with van der Waals surface area (Å²) in [5, 5.41) is 2.39. The normalized spacial score (nSPS) is 14.9. The van der Waals surface area contributed by atoms with Crippen LogP contribution in [0.25, 0.3) is 0 Å². The Bertz CT molecular complexity index is 1250. The molecule has 1 aliphatic rings. The summed E-state index contributed by atoms with van der Waals surface area (Å²) in [6, 6.07) is 14.5. The van der Waals surface area contributed by atoms with Gasteiger partial charge in [-0.15, -0.1) is 0 Å². The molecule has 38 heavy (non-hydrogen) atoms. The molecule has 1 fully saturated rings. The molecule has 0 radical (unpaired) electrons. The van der Waals surface area contributed by atoms with Gasteiger partial charge in [0, 0.05) is 13.0 Å². The van der Waals surface area contributed by atoms with E-state index >= 15 is 0 Å². The number of ether oxygens (including phenoxy) is 1. The van der Waals surface area contributed by atoms with Gasteiger partial charge in [0.05, 0.1) is 4.90 Å². The summed E-state index contributed by atoms with van der Waals surface area (Å²) in [4.78, 5) is 52.3. The van der Waals surface area contributed by atoms with Crippen molar-refractivity contribution in [3.05, 3.63) is 66.2 Å². The third-order valence-corrected chi connectivity index (χ3v) is 7.93. The van der Waals surface area contributed by atoms with Crippen molar-refractivity contribution in [2.75, 3.05) is 6.54 Å². The lowest BCUT2D eigenvalue weighted by Gasteiger charge is -2.26. The lowest BCUT2D eigenvalue weighted by Crippen LogP contribution is -2.52. The topological polar surface area (TPSA) is 127 Å². The summed E-state index contributed by atoms with van der Waals surface area (Å²) in [5.74, 6) is -4.28. The number of sulfonamides is 1. The molecule has 0 spiro atoms. The molecule has 9 nitrogen and oxygen atoms in total. The van der Waals surface area contributed by atoms with Crippen LogP contribution in [0.15, 0.2) is 65.6 Å². The van der Waals surface area contributed by atoms with E-state index in [-0.39, 0.29) is 23.8 Å². The number of ketones is 2. The first-order valence-electron chi connectivity index (χ1n) is 12.6. The molecule has 2 aromatic carbocycles. The molecule has 1 atom stereocenters. The highest BCUT2D eigenvalue weighted by Gasteiger charge is 2.40. The van der Waals surface area contributed by atoms with Crippen molar-refractivity contribution in [3.63, 3.8) is 0 Å². The van der Waals surface area contributed by atoms with Crippen molar-refractivity contribution in [1.29, 1.82) is 0 Å². The Hall–Kier alpha value is -3.53. The molecular formula is C28H34N2O7S. The Morgan fingerprint density at radius 3 is 2.05 bits per heavy atom. The van der Waals surface area contributed by atoms with Crippen LogP contribution >= 0.6 is 0 Å². The van der Waals surface area contributed by atoms with E-state index in [1.807, 2.05) is 0 Å². The average molecular weight is 543 g/mol. The molecule has 2 aromatic rings. The Morgan fingerprint density at radius 1 is 0.947 bits per heavy atom. The first kappa shape index (κ1) is 29.0. The molecule has 2 amide bonds. The maximum absolute atomic E-state index is 13.4. The smallest absolute Gasteiger partial charge is 0.408 e. The highest BCUT2D eigenvalue weighted by atomic mass is 32.2. The number of hydrogen-bond donors (Lipinski definition) is 1. The summed E-state index contributed by atoms with van der Waals surface area (Å²) in [5.41, 5.74) is -0.242. The second-order valence-corrected chi connectivity index (χ2v) is 12.2. The predicted octanol–water partition coefficient (Wildman–Crippen LogP) is 3.67. The molecule has 0 bridgehead atoms. The quantitative estimate of drug-likeness (QED) is 0.358. The SMILES string of the molecule is CC(C)(C)OC(=O)NC(Cc1ccccc1)C(=O)C(=O)C(=O)N(CC1CCCC1)S(=O)(=O)c1ccccc1. The molecule has 204 valence electrons. The van der Waals surface area contributed by atoms with E-state index in [1.165, 1.54) is 24.3 Å². The van der Waals surface area contributed by atoms with E-state index in [9.17, 15) is 27.6 Å². The van der Waals surface area contributed by atoms with Crippen LogP contribution in [0.3, 0.4) is 0 Å². The van der Waals surface area contributed by atoms with Crippen molar-refractivity contribution in [2.24, 2.45) is 5.92 Å². The van der Waals surface area contributed by atoms with Gasteiger partial charge >= 0.3 is 12.0 Å². The molecular weight excluding hydrogens is 508 g/mol. The van der Waals surface area contributed by atoms with E-state index in [2.05, 4.69) is 5.32 Å². The molecule has 0 aliphatic heterocycles. The molecule has 0 saturated heterocycles. The van der Waals surface area contributed by atoms with Gasteiger partial charge in [0.15, 0.2) is 0 Å². The van der Waals surface area contributed by atoms with Gasteiger partial charge in [-0.05, 0) is 57.2 Å². The van der Waals surface area contributed by atoms with Gasteiger partial charge in [0.2, 0.25) is 5.78 Å². The highest BCUT2D eigenvalue weighted by Crippen LogP contribution is 2.28. The fraction of sp³-hybridized carbons (Fsp3) is 0.429. The van der Waals surface area contributed by atoms with Gasteiger partial charge in [-0.25, -0.2) is 17.5 Å². The van der Waals surface area contributed by atoms with Crippen LogP contribution in [0.4, 0.5) is 4.79 Å². The first-order chi connectivity index (χ1) is 17.9. The first-order valence-corrected chi connectivity index (χ1v) is 14.1. The molecule has 3 rings (SSSR count). The summed E-state index contributed by atoms with van der Waals surface area (Å²) >= 11 is 0. The maximum atomic E-state index is 13.4. The second kappa shape index (κ2) is 12.3. The zero-order chi connectivity index (χ0) is 27.9. The minimum Gasteiger partial charge on any atom is -0.444 e. The predicted molar refractivity (Wildman–Crippen MR) is 141 cm³/mol. The van der Waals surface area contributed by atoms with E-state index in [4.69, 9.17) is 4.74 Å². The molecule has 1 aliphatic carbocycles. The van der Waals surface area contributed by atoms with E-state index in [0.717, 1.165) is 12.8 Å². The van der Waals surface area contributed by atoms with Crippen LogP contribution < -0.4 is 5.32 Å². The zero-order valence-electron chi connectivity index (χ0n) is 21.9. The fourth-order valence-electron chi connectivity index (χ4n) is 4.32. The lowest BCUT2D eigenvalue weighted by atomic mass is 9.99. The number of nitrogens with zero attached hydrogens (tertiary/aromatic N) is 1. The molecule has 0 heterocycles. The Labute approximate surface area is 223 Å². The molecule has 10 heteroatoms. The summed E-state index contributed by atoms with van der Waals surface area (Å²) < 4.78 is 32.6. The Morgan fingerprint density at radius 2 is 1.50 bits per heavy atom. The maximum Gasteiger partial charge on any atom is 0.408 e. The van der Waals surface area contributed by atoms with Crippen LogP contribution in [0.5, 0.6) is 0 Å². The van der Waals surface area contributed by atoms with Crippen LogP contribution in [0.1, 0.15) is 52.0 Å². The Balaban J connectivity index is 1.90. The number of amides is 2. The number of alkyl carbamates (subject to hydrolysis) is 1. The number of nitrogens with one attached hydrogen (secondary N) is 1. The second-order valence-electron chi connectivity index (χ2n) is 10.4. The van der Waals surface area contributed by atoms with E-state index in [1.54, 1.807) is 57.2 Å². The van der Waals surface area contributed by atoms with Crippen LogP contribution in [0.2, 0.25) is 0 Å². The van der Waals surface area contributed by atoms with Crippen LogP contribution in [-0.4, -0.2) is 54.5 Å². The molecule has 1 saturated carbocycles. The van der Waals surface area contributed by atoms with Gasteiger partial charge in [0.25, 0.3) is 15.8 Å². The van der Waals surface area contributed by atoms with Gasteiger partial charge in [-0.3, -0.25) is 14.4 Å². The third-order valence-electron chi connectivity index (χ3n) is 6.16. The molecule has 1 N–H and O–H groups in total. The van der Waals surface area contributed by atoms with E-state index < -0.39 is 45.2 Å². The van der Waals surface area contributed by atoms with Crippen molar-refractivity contribution in [2.45, 2.75) is 69.4 Å².